The molecular weight excluding hydrogens is 200 g/mol. The van der Waals surface area contributed by atoms with Gasteiger partial charge >= 0.3 is 5.97 Å². The van der Waals surface area contributed by atoms with Crippen molar-refractivity contribution in [3.63, 3.8) is 0 Å². The lowest BCUT2D eigenvalue weighted by molar-refractivity contribution is -0.142. The average Bonchev–Trinajstić information content (AvgIpc) is 2.21. The van der Waals surface area contributed by atoms with Crippen LogP contribution in [-0.4, -0.2) is 64.3 Å². The standard InChI is InChI=1S/C9H18N2O4/c1-11(2)6-7(14-3)9(13)10-5-8(12)15-4/h7H,5-6H2,1-4H3,(H,10,13). The van der Waals surface area contributed by atoms with Gasteiger partial charge in [-0.3, -0.25) is 9.59 Å². The van der Waals surface area contributed by atoms with Crippen molar-refractivity contribution in [2.75, 3.05) is 41.4 Å². The van der Waals surface area contributed by atoms with E-state index in [0.717, 1.165) is 0 Å². The van der Waals surface area contributed by atoms with Gasteiger partial charge in [0.25, 0.3) is 5.91 Å². The van der Waals surface area contributed by atoms with E-state index >= 15 is 0 Å². The number of nitrogens with zero attached hydrogens (tertiary/aromatic N) is 1. The molecule has 0 rings (SSSR count). The molecular formula is C9H18N2O4. The van der Waals surface area contributed by atoms with Crippen LogP contribution in [0.25, 0.3) is 0 Å². The minimum absolute atomic E-state index is 0.136. The molecule has 0 saturated heterocycles. The molecule has 1 unspecified atom stereocenters. The molecule has 6 heteroatoms. The molecule has 1 atom stereocenters. The van der Waals surface area contributed by atoms with Gasteiger partial charge in [0, 0.05) is 13.7 Å². The van der Waals surface area contributed by atoms with Crippen LogP contribution in [0.2, 0.25) is 0 Å². The molecule has 88 valence electrons. The summed E-state index contributed by atoms with van der Waals surface area (Å²) in [5, 5.41) is 2.42. The number of methoxy groups -OCH3 is 2. The molecule has 0 spiro atoms. The molecule has 0 saturated carbocycles. The van der Waals surface area contributed by atoms with Crippen molar-refractivity contribution >= 4 is 11.9 Å². The first kappa shape index (κ1) is 13.9. The summed E-state index contributed by atoms with van der Waals surface area (Å²) in [4.78, 5) is 24.0. The molecule has 6 nitrogen and oxygen atoms in total. The Morgan fingerprint density at radius 1 is 1.33 bits per heavy atom. The number of likely N-dealkylation sites (N-methyl/N-ethyl adjacent to an activating group) is 1. The molecule has 1 amide bonds. The fourth-order valence-corrected chi connectivity index (χ4v) is 0.941. The Kier molecular flexibility index (Phi) is 6.64. The molecule has 0 aliphatic rings. The number of nitrogens with one attached hydrogen (secondary N) is 1. The number of amides is 1. The number of rotatable bonds is 6. The summed E-state index contributed by atoms with van der Waals surface area (Å²) in [6.45, 7) is 0.326. The van der Waals surface area contributed by atoms with Gasteiger partial charge in [0.1, 0.15) is 12.6 Å². The van der Waals surface area contributed by atoms with Gasteiger partial charge in [0.05, 0.1) is 7.11 Å². The van der Waals surface area contributed by atoms with Crippen LogP contribution in [-0.2, 0) is 19.1 Å². The summed E-state index contributed by atoms with van der Waals surface area (Å²) < 4.78 is 9.37. The summed E-state index contributed by atoms with van der Waals surface area (Å²) in [5.74, 6) is -0.806. The van der Waals surface area contributed by atoms with Crippen LogP contribution in [0, 0.1) is 0 Å². The van der Waals surface area contributed by atoms with Crippen LogP contribution in [0.5, 0.6) is 0 Å². The van der Waals surface area contributed by atoms with Gasteiger partial charge in [-0.25, -0.2) is 0 Å². The van der Waals surface area contributed by atoms with Crippen molar-refractivity contribution in [1.29, 1.82) is 0 Å². The number of hydrogen-bond donors (Lipinski definition) is 1. The van der Waals surface area contributed by atoms with Crippen LogP contribution >= 0.6 is 0 Å². The number of esters is 1. The maximum absolute atomic E-state index is 11.5. The quantitative estimate of drug-likeness (QED) is 0.570. The highest BCUT2D eigenvalue weighted by Crippen LogP contribution is 1.92. The van der Waals surface area contributed by atoms with Gasteiger partial charge in [-0.15, -0.1) is 0 Å². The van der Waals surface area contributed by atoms with Crippen molar-refractivity contribution in [3.05, 3.63) is 0 Å². The predicted octanol–water partition coefficient (Wildman–Crippen LogP) is -1.15. The zero-order valence-electron chi connectivity index (χ0n) is 9.57. The van der Waals surface area contributed by atoms with E-state index in [9.17, 15) is 9.59 Å². The van der Waals surface area contributed by atoms with E-state index in [4.69, 9.17) is 4.74 Å². The highest BCUT2D eigenvalue weighted by atomic mass is 16.5. The van der Waals surface area contributed by atoms with Crippen molar-refractivity contribution in [2.45, 2.75) is 6.10 Å². The number of ether oxygens (including phenoxy) is 2. The minimum atomic E-state index is -0.579. The molecule has 0 fully saturated rings. The van der Waals surface area contributed by atoms with E-state index in [1.54, 1.807) is 0 Å². The summed E-state index contributed by atoms with van der Waals surface area (Å²) in [6.07, 6.45) is -0.579. The zero-order chi connectivity index (χ0) is 11.8. The third-order valence-corrected chi connectivity index (χ3v) is 1.74. The molecule has 0 heterocycles. The molecule has 1 N–H and O–H groups in total. The van der Waals surface area contributed by atoms with E-state index < -0.39 is 12.1 Å². The van der Waals surface area contributed by atoms with Crippen molar-refractivity contribution in [2.24, 2.45) is 0 Å². The summed E-state index contributed by atoms with van der Waals surface area (Å²) in [5.41, 5.74) is 0. The molecule has 0 aromatic carbocycles. The first-order chi connectivity index (χ1) is 7.01. The normalized spacial score (nSPS) is 12.3. The number of carbonyl (C=O) groups excluding carboxylic acids is 2. The van der Waals surface area contributed by atoms with Crippen LogP contribution in [0.3, 0.4) is 0 Å². The Labute approximate surface area is 89.5 Å². The van der Waals surface area contributed by atoms with E-state index in [1.165, 1.54) is 14.2 Å². The largest absolute Gasteiger partial charge is 0.468 e. The van der Waals surface area contributed by atoms with E-state index in [-0.39, 0.29) is 12.5 Å². The van der Waals surface area contributed by atoms with Crippen LogP contribution < -0.4 is 5.32 Å². The van der Waals surface area contributed by atoms with Gasteiger partial charge in [-0.2, -0.15) is 0 Å². The Bertz CT molecular complexity index is 218. The minimum Gasteiger partial charge on any atom is -0.468 e. The zero-order valence-corrected chi connectivity index (χ0v) is 9.57. The van der Waals surface area contributed by atoms with Crippen LogP contribution in [0.15, 0.2) is 0 Å². The summed E-state index contributed by atoms with van der Waals surface area (Å²) in [7, 11) is 6.38. The molecule has 0 radical (unpaired) electrons. The Morgan fingerprint density at radius 3 is 2.33 bits per heavy atom. The fraction of sp³-hybridized carbons (Fsp3) is 0.778. The first-order valence-electron chi connectivity index (χ1n) is 4.53. The van der Waals surface area contributed by atoms with E-state index in [2.05, 4.69) is 10.1 Å². The topological polar surface area (TPSA) is 67.9 Å². The molecule has 0 aliphatic carbocycles. The highest BCUT2D eigenvalue weighted by molar-refractivity contribution is 5.85. The monoisotopic (exact) mass is 218 g/mol. The second kappa shape index (κ2) is 7.19. The van der Waals surface area contributed by atoms with Gasteiger partial charge < -0.3 is 19.7 Å². The SMILES string of the molecule is COC(=O)CNC(=O)C(CN(C)C)OC. The van der Waals surface area contributed by atoms with Gasteiger partial charge in [-0.05, 0) is 14.1 Å². The lowest BCUT2D eigenvalue weighted by Gasteiger charge is -2.18. The maximum Gasteiger partial charge on any atom is 0.325 e. The van der Waals surface area contributed by atoms with Gasteiger partial charge in [0.15, 0.2) is 0 Å². The molecule has 0 aliphatic heterocycles. The smallest absolute Gasteiger partial charge is 0.325 e. The van der Waals surface area contributed by atoms with Crippen LogP contribution in [0.1, 0.15) is 0 Å². The van der Waals surface area contributed by atoms with E-state index in [0.29, 0.717) is 6.54 Å². The third kappa shape index (κ3) is 6.03. The summed E-state index contributed by atoms with van der Waals surface area (Å²) >= 11 is 0. The highest BCUT2D eigenvalue weighted by Gasteiger charge is 2.18. The second-order valence-corrected chi connectivity index (χ2v) is 3.28. The van der Waals surface area contributed by atoms with Crippen molar-refractivity contribution < 1.29 is 19.1 Å². The Balaban J connectivity index is 3.99. The number of carbonyl (C=O) groups is 2. The lowest BCUT2D eigenvalue weighted by Crippen LogP contribution is -2.43. The third-order valence-electron chi connectivity index (χ3n) is 1.74. The maximum atomic E-state index is 11.5. The lowest BCUT2D eigenvalue weighted by atomic mass is 10.3. The average molecular weight is 218 g/mol. The molecule has 15 heavy (non-hydrogen) atoms. The fourth-order valence-electron chi connectivity index (χ4n) is 0.941. The molecule has 0 aromatic rings. The van der Waals surface area contributed by atoms with Crippen molar-refractivity contribution in [3.8, 4) is 0 Å². The second-order valence-electron chi connectivity index (χ2n) is 3.28. The predicted molar refractivity (Wildman–Crippen MR) is 54.4 cm³/mol. The molecule has 0 bridgehead atoms. The van der Waals surface area contributed by atoms with Gasteiger partial charge in [-0.1, -0.05) is 0 Å². The summed E-state index contributed by atoms with van der Waals surface area (Å²) in [6, 6.07) is 0. The Hall–Kier alpha value is -1.14. The Morgan fingerprint density at radius 2 is 1.93 bits per heavy atom. The van der Waals surface area contributed by atoms with Crippen molar-refractivity contribution in [1.82, 2.24) is 10.2 Å². The van der Waals surface area contributed by atoms with E-state index in [1.807, 2.05) is 19.0 Å². The molecule has 0 aromatic heterocycles. The van der Waals surface area contributed by atoms with Gasteiger partial charge in [0.2, 0.25) is 0 Å². The number of hydrogen-bond acceptors (Lipinski definition) is 5. The first-order valence-corrected chi connectivity index (χ1v) is 4.53. The van der Waals surface area contributed by atoms with Crippen LogP contribution in [0.4, 0.5) is 0 Å².